The number of hydrogen-bond donors (Lipinski definition) is 1. The molecule has 0 aliphatic rings. The molecule has 0 atom stereocenters. The minimum Gasteiger partial charge on any atom is -0.382 e. The number of nitrogens with zero attached hydrogens (tertiary/aromatic N) is 1. The highest BCUT2D eigenvalue weighted by molar-refractivity contribution is 5.93. The van der Waals surface area contributed by atoms with Crippen LogP contribution < -0.4 is 5.48 Å². The average molecular weight is 240 g/mol. The molecule has 0 bridgehead atoms. The lowest BCUT2D eigenvalue weighted by Crippen LogP contribution is -2.25. The van der Waals surface area contributed by atoms with Gasteiger partial charge in [-0.25, -0.2) is 5.48 Å². The minimum atomic E-state index is -0.531. The van der Waals surface area contributed by atoms with Crippen molar-refractivity contribution in [3.05, 3.63) is 39.9 Å². The predicted octanol–water partition coefficient (Wildman–Crippen LogP) is 0.903. The van der Waals surface area contributed by atoms with Crippen LogP contribution in [-0.2, 0) is 9.57 Å². The summed E-state index contributed by atoms with van der Waals surface area (Å²) in [7, 11) is 1.52. The number of carbonyl (C=O) groups excluding carboxylic acids is 1. The molecule has 1 rings (SSSR count). The van der Waals surface area contributed by atoms with E-state index in [4.69, 9.17) is 9.57 Å². The number of hydrogen-bond acceptors (Lipinski definition) is 5. The van der Waals surface area contributed by atoms with Crippen LogP contribution in [0.1, 0.15) is 10.4 Å². The molecular formula is C10H12N2O5. The first kappa shape index (κ1) is 13.1. The fraction of sp³-hybridized carbons (Fsp3) is 0.300. The highest BCUT2D eigenvalue weighted by atomic mass is 16.7. The molecule has 1 N–H and O–H groups in total. The number of benzene rings is 1. The van der Waals surface area contributed by atoms with Gasteiger partial charge in [-0.2, -0.15) is 0 Å². The lowest BCUT2D eigenvalue weighted by Gasteiger charge is -2.04. The summed E-state index contributed by atoms with van der Waals surface area (Å²) in [6.07, 6.45) is 0. The number of methoxy groups -OCH3 is 1. The zero-order chi connectivity index (χ0) is 12.7. The molecule has 7 heteroatoms. The van der Waals surface area contributed by atoms with Crippen LogP contribution in [0.3, 0.4) is 0 Å². The lowest BCUT2D eigenvalue weighted by molar-refractivity contribution is -0.384. The summed E-state index contributed by atoms with van der Waals surface area (Å²) in [5.41, 5.74) is 2.41. The summed E-state index contributed by atoms with van der Waals surface area (Å²) in [5.74, 6) is -0.462. The Bertz CT molecular complexity index is 390. The van der Waals surface area contributed by atoms with E-state index < -0.39 is 10.8 Å². The number of nitro benzene ring substituents is 1. The summed E-state index contributed by atoms with van der Waals surface area (Å²) < 4.78 is 4.72. The molecule has 0 radical (unpaired) electrons. The van der Waals surface area contributed by atoms with Crippen molar-refractivity contribution in [3.63, 3.8) is 0 Å². The summed E-state index contributed by atoms with van der Waals surface area (Å²) in [6, 6.07) is 5.22. The maximum atomic E-state index is 11.4. The second-order valence-electron chi connectivity index (χ2n) is 3.08. The van der Waals surface area contributed by atoms with Crippen molar-refractivity contribution in [1.29, 1.82) is 0 Å². The lowest BCUT2D eigenvalue weighted by atomic mass is 10.2. The van der Waals surface area contributed by atoms with Gasteiger partial charge in [-0.3, -0.25) is 19.7 Å². The van der Waals surface area contributed by atoms with Crippen LogP contribution in [0.5, 0.6) is 0 Å². The van der Waals surface area contributed by atoms with Crippen molar-refractivity contribution >= 4 is 11.6 Å². The zero-order valence-corrected chi connectivity index (χ0v) is 9.21. The Hall–Kier alpha value is -1.99. The van der Waals surface area contributed by atoms with Gasteiger partial charge in [0, 0.05) is 24.8 Å². The number of ether oxygens (including phenoxy) is 1. The van der Waals surface area contributed by atoms with Crippen molar-refractivity contribution in [2.45, 2.75) is 0 Å². The molecule has 0 saturated carbocycles. The highest BCUT2D eigenvalue weighted by Gasteiger charge is 2.08. The molecule has 0 aliphatic heterocycles. The van der Waals surface area contributed by atoms with Crippen LogP contribution in [0, 0.1) is 10.1 Å². The van der Waals surface area contributed by atoms with Gasteiger partial charge >= 0.3 is 0 Å². The minimum absolute atomic E-state index is 0.0677. The molecule has 1 amide bonds. The molecule has 1 aromatic rings. The maximum absolute atomic E-state index is 11.4. The van der Waals surface area contributed by atoms with Crippen LogP contribution in [0.15, 0.2) is 24.3 Å². The fourth-order valence-corrected chi connectivity index (χ4v) is 1.04. The van der Waals surface area contributed by atoms with E-state index in [1.54, 1.807) is 0 Å². The predicted molar refractivity (Wildman–Crippen MR) is 58.4 cm³/mol. The van der Waals surface area contributed by atoms with Crippen molar-refractivity contribution < 1.29 is 19.3 Å². The maximum Gasteiger partial charge on any atom is 0.274 e. The van der Waals surface area contributed by atoms with E-state index in [0.29, 0.717) is 6.61 Å². The first-order valence-electron chi connectivity index (χ1n) is 4.80. The van der Waals surface area contributed by atoms with Crippen molar-refractivity contribution in [3.8, 4) is 0 Å². The first-order chi connectivity index (χ1) is 8.15. The van der Waals surface area contributed by atoms with Gasteiger partial charge in [0.15, 0.2) is 0 Å². The fourth-order valence-electron chi connectivity index (χ4n) is 1.04. The van der Waals surface area contributed by atoms with Gasteiger partial charge in [-0.1, -0.05) is 0 Å². The van der Waals surface area contributed by atoms with Gasteiger partial charge in [0.05, 0.1) is 18.1 Å². The SMILES string of the molecule is COCCONC(=O)c1ccc([N+](=O)[O-])cc1. The van der Waals surface area contributed by atoms with Crippen molar-refractivity contribution in [2.75, 3.05) is 20.3 Å². The van der Waals surface area contributed by atoms with Gasteiger partial charge in [0.1, 0.15) is 0 Å². The topological polar surface area (TPSA) is 90.7 Å². The number of amides is 1. The van der Waals surface area contributed by atoms with Crippen LogP contribution in [-0.4, -0.2) is 31.2 Å². The Kier molecular flexibility index (Phi) is 5.05. The Morgan fingerprint density at radius 2 is 2.00 bits per heavy atom. The molecule has 0 aromatic heterocycles. The Morgan fingerprint density at radius 1 is 1.35 bits per heavy atom. The molecule has 0 unspecified atom stereocenters. The molecule has 1 aromatic carbocycles. The average Bonchev–Trinajstić information content (AvgIpc) is 2.34. The van der Waals surface area contributed by atoms with Crippen LogP contribution >= 0.6 is 0 Å². The van der Waals surface area contributed by atoms with Crippen LogP contribution in [0.25, 0.3) is 0 Å². The number of nitro groups is 1. The summed E-state index contributed by atoms with van der Waals surface area (Å²) in [5, 5.41) is 10.4. The monoisotopic (exact) mass is 240 g/mol. The Morgan fingerprint density at radius 3 is 2.53 bits per heavy atom. The van der Waals surface area contributed by atoms with Crippen molar-refractivity contribution in [2.24, 2.45) is 0 Å². The van der Waals surface area contributed by atoms with E-state index in [0.717, 1.165) is 0 Å². The normalized spacial score (nSPS) is 9.94. The van der Waals surface area contributed by atoms with Gasteiger partial charge in [-0.05, 0) is 12.1 Å². The third-order valence-electron chi connectivity index (χ3n) is 1.89. The molecule has 0 saturated heterocycles. The van der Waals surface area contributed by atoms with E-state index in [-0.39, 0.29) is 17.9 Å². The standard InChI is InChI=1S/C10H12N2O5/c1-16-6-7-17-11-10(13)8-2-4-9(5-3-8)12(14)15/h2-5H,6-7H2,1H3,(H,11,13). The van der Waals surface area contributed by atoms with E-state index >= 15 is 0 Å². The quantitative estimate of drug-likeness (QED) is 0.453. The van der Waals surface area contributed by atoms with Gasteiger partial charge in [0.25, 0.3) is 11.6 Å². The molecule has 0 spiro atoms. The summed E-state index contributed by atoms with van der Waals surface area (Å²) in [4.78, 5) is 26.1. The van der Waals surface area contributed by atoms with Gasteiger partial charge in [-0.15, -0.1) is 0 Å². The Labute approximate surface area is 97.4 Å². The summed E-state index contributed by atoms with van der Waals surface area (Å²) in [6.45, 7) is 0.593. The van der Waals surface area contributed by atoms with E-state index in [2.05, 4.69) is 5.48 Å². The number of hydroxylamine groups is 1. The second-order valence-corrected chi connectivity index (χ2v) is 3.08. The van der Waals surface area contributed by atoms with Crippen LogP contribution in [0.4, 0.5) is 5.69 Å². The molecule has 0 aliphatic carbocycles. The highest BCUT2D eigenvalue weighted by Crippen LogP contribution is 2.11. The number of rotatable bonds is 6. The number of carbonyl (C=O) groups is 1. The largest absolute Gasteiger partial charge is 0.382 e. The molecular weight excluding hydrogens is 228 g/mol. The van der Waals surface area contributed by atoms with E-state index in [1.807, 2.05) is 0 Å². The zero-order valence-electron chi connectivity index (χ0n) is 9.21. The molecule has 92 valence electrons. The van der Waals surface area contributed by atoms with Gasteiger partial charge in [0.2, 0.25) is 0 Å². The van der Waals surface area contributed by atoms with Crippen molar-refractivity contribution in [1.82, 2.24) is 5.48 Å². The molecule has 0 heterocycles. The third kappa shape index (κ3) is 4.17. The Balaban J connectivity index is 2.49. The molecule has 17 heavy (non-hydrogen) atoms. The first-order valence-corrected chi connectivity index (χ1v) is 4.80. The van der Waals surface area contributed by atoms with Gasteiger partial charge < -0.3 is 4.74 Å². The van der Waals surface area contributed by atoms with E-state index in [9.17, 15) is 14.9 Å². The number of non-ortho nitro benzene ring substituents is 1. The molecule has 7 nitrogen and oxygen atoms in total. The molecule has 0 fully saturated rings. The third-order valence-corrected chi connectivity index (χ3v) is 1.89. The number of nitrogens with one attached hydrogen (secondary N) is 1. The van der Waals surface area contributed by atoms with E-state index in [1.165, 1.54) is 31.4 Å². The summed E-state index contributed by atoms with van der Waals surface area (Å²) >= 11 is 0. The second kappa shape index (κ2) is 6.56. The van der Waals surface area contributed by atoms with Crippen LogP contribution in [0.2, 0.25) is 0 Å². The smallest absolute Gasteiger partial charge is 0.274 e.